The number of nitrogens with one attached hydrogen (secondary N) is 3. The van der Waals surface area contributed by atoms with Crippen molar-refractivity contribution in [1.82, 2.24) is 16.0 Å². The first-order chi connectivity index (χ1) is 14.6. The summed E-state index contributed by atoms with van der Waals surface area (Å²) in [6.45, 7) is 10.1. The Bertz CT molecular complexity index is 862. The number of rotatable bonds is 7. The van der Waals surface area contributed by atoms with Crippen molar-refractivity contribution in [3.63, 3.8) is 0 Å². The van der Waals surface area contributed by atoms with E-state index in [2.05, 4.69) is 59.0 Å². The Kier molecular flexibility index (Phi) is 7.71. The number of carbonyl (C=O) groups is 1. The van der Waals surface area contributed by atoms with Gasteiger partial charge in [0.25, 0.3) is 5.91 Å². The van der Waals surface area contributed by atoms with E-state index in [1.807, 2.05) is 31.2 Å². The second kappa shape index (κ2) is 10.7. The lowest BCUT2D eigenvalue weighted by Gasteiger charge is -2.20. The lowest BCUT2D eigenvalue weighted by molar-refractivity contribution is 0.0955. The van der Waals surface area contributed by atoms with Crippen molar-refractivity contribution in [3.8, 4) is 0 Å². The smallest absolute Gasteiger partial charge is 0.251 e. The van der Waals surface area contributed by atoms with Crippen molar-refractivity contribution < 1.29 is 4.79 Å². The van der Waals surface area contributed by atoms with Crippen LogP contribution < -0.4 is 20.9 Å². The number of aliphatic imine (C=N–C) groups is 1. The molecule has 1 atom stereocenters. The van der Waals surface area contributed by atoms with Gasteiger partial charge < -0.3 is 20.9 Å². The number of carbonyl (C=O) groups excluding carboxylic acids is 1. The topological polar surface area (TPSA) is 68.8 Å². The van der Waals surface area contributed by atoms with E-state index in [0.717, 1.165) is 37.6 Å². The molecule has 0 aliphatic carbocycles. The first kappa shape index (κ1) is 21.7. The van der Waals surface area contributed by atoms with Gasteiger partial charge in [0.15, 0.2) is 5.96 Å². The summed E-state index contributed by atoms with van der Waals surface area (Å²) >= 11 is 0. The highest BCUT2D eigenvalue weighted by molar-refractivity contribution is 5.94. The van der Waals surface area contributed by atoms with Crippen LogP contribution in [0.2, 0.25) is 0 Å². The molecule has 30 heavy (non-hydrogen) atoms. The zero-order chi connectivity index (χ0) is 21.3. The summed E-state index contributed by atoms with van der Waals surface area (Å²) in [6.07, 6.45) is 1.07. The maximum atomic E-state index is 12.1. The lowest BCUT2D eigenvalue weighted by Crippen LogP contribution is -2.44. The molecular formula is C24H33N5O. The Balaban J connectivity index is 1.60. The van der Waals surface area contributed by atoms with E-state index in [1.54, 1.807) is 0 Å². The molecule has 0 spiro atoms. The van der Waals surface area contributed by atoms with E-state index in [1.165, 1.54) is 11.3 Å². The summed E-state index contributed by atoms with van der Waals surface area (Å²) in [7, 11) is 0. The van der Waals surface area contributed by atoms with E-state index < -0.39 is 0 Å². The molecule has 3 rings (SSSR count). The Morgan fingerprint density at radius 1 is 1.10 bits per heavy atom. The fraction of sp³-hybridized carbons (Fsp3) is 0.417. The number of hydrogen-bond donors (Lipinski definition) is 3. The third-order valence-corrected chi connectivity index (χ3v) is 5.22. The summed E-state index contributed by atoms with van der Waals surface area (Å²) in [5, 5.41) is 9.75. The molecule has 1 unspecified atom stereocenters. The molecule has 1 heterocycles. The van der Waals surface area contributed by atoms with Crippen molar-refractivity contribution >= 4 is 17.6 Å². The molecule has 3 N–H and O–H groups in total. The largest absolute Gasteiger partial charge is 0.369 e. The van der Waals surface area contributed by atoms with Gasteiger partial charge in [-0.15, -0.1) is 0 Å². The van der Waals surface area contributed by atoms with E-state index in [-0.39, 0.29) is 5.91 Å². The standard InChI is InChI=1S/C24H33N5O/c1-4-25-23(30)20-8-6-7-19(15-20)16-27-24(26-5-2)28-21-13-14-29(17-21)22-11-9-18(3)10-12-22/h6-12,15,21H,4-5,13-14,16-17H2,1-3H3,(H,25,30)(H2,26,27,28). The molecule has 1 amide bonds. The van der Waals surface area contributed by atoms with Crippen molar-refractivity contribution in [2.75, 3.05) is 31.1 Å². The minimum Gasteiger partial charge on any atom is -0.369 e. The van der Waals surface area contributed by atoms with E-state index in [4.69, 9.17) is 4.99 Å². The SMILES string of the molecule is CCNC(=O)c1cccc(CN=C(NCC)NC2CCN(c3ccc(C)cc3)C2)c1. The summed E-state index contributed by atoms with van der Waals surface area (Å²) in [4.78, 5) is 19.2. The zero-order valence-corrected chi connectivity index (χ0v) is 18.2. The Hall–Kier alpha value is -3.02. The third kappa shape index (κ3) is 5.99. The number of guanidine groups is 1. The molecule has 1 fully saturated rings. The van der Waals surface area contributed by atoms with Crippen LogP contribution in [-0.4, -0.2) is 44.1 Å². The van der Waals surface area contributed by atoms with Crippen LogP contribution in [0.25, 0.3) is 0 Å². The predicted octanol–water partition coefficient (Wildman–Crippen LogP) is 3.08. The van der Waals surface area contributed by atoms with Crippen LogP contribution in [0.5, 0.6) is 0 Å². The molecule has 1 aliphatic heterocycles. The molecule has 2 aromatic rings. The van der Waals surface area contributed by atoms with Crippen LogP contribution in [-0.2, 0) is 6.54 Å². The van der Waals surface area contributed by atoms with E-state index >= 15 is 0 Å². The lowest BCUT2D eigenvalue weighted by atomic mass is 10.1. The Morgan fingerprint density at radius 3 is 2.60 bits per heavy atom. The maximum Gasteiger partial charge on any atom is 0.251 e. The average molecular weight is 408 g/mol. The molecule has 160 valence electrons. The van der Waals surface area contributed by atoms with Gasteiger partial charge in [0, 0.05) is 43.5 Å². The quantitative estimate of drug-likeness (QED) is 0.487. The molecule has 0 radical (unpaired) electrons. The molecule has 2 aromatic carbocycles. The summed E-state index contributed by atoms with van der Waals surface area (Å²) in [6, 6.07) is 16.7. The fourth-order valence-corrected chi connectivity index (χ4v) is 3.63. The first-order valence-electron chi connectivity index (χ1n) is 10.8. The van der Waals surface area contributed by atoms with Crippen LogP contribution in [0.3, 0.4) is 0 Å². The number of nitrogens with zero attached hydrogens (tertiary/aromatic N) is 2. The molecular weight excluding hydrogens is 374 g/mol. The average Bonchev–Trinajstić information content (AvgIpc) is 3.21. The first-order valence-corrected chi connectivity index (χ1v) is 10.8. The van der Waals surface area contributed by atoms with Crippen LogP contribution in [0.1, 0.15) is 41.8 Å². The normalized spacial score (nSPS) is 16.4. The predicted molar refractivity (Wildman–Crippen MR) is 124 cm³/mol. The van der Waals surface area contributed by atoms with Gasteiger partial charge in [-0.2, -0.15) is 0 Å². The second-order valence-electron chi connectivity index (χ2n) is 7.67. The molecule has 1 saturated heterocycles. The minimum atomic E-state index is -0.0458. The summed E-state index contributed by atoms with van der Waals surface area (Å²) in [5.74, 6) is 0.771. The maximum absolute atomic E-state index is 12.1. The molecule has 6 heteroatoms. The van der Waals surface area contributed by atoms with Gasteiger partial charge in [-0.25, -0.2) is 4.99 Å². The molecule has 0 bridgehead atoms. The molecule has 0 saturated carbocycles. The highest BCUT2D eigenvalue weighted by Gasteiger charge is 2.23. The summed E-state index contributed by atoms with van der Waals surface area (Å²) < 4.78 is 0. The number of hydrogen-bond acceptors (Lipinski definition) is 3. The van der Waals surface area contributed by atoms with Gasteiger partial charge in [-0.1, -0.05) is 29.8 Å². The Morgan fingerprint density at radius 2 is 1.87 bits per heavy atom. The van der Waals surface area contributed by atoms with Crippen LogP contribution in [0.15, 0.2) is 53.5 Å². The molecule has 6 nitrogen and oxygen atoms in total. The summed E-state index contributed by atoms with van der Waals surface area (Å²) in [5.41, 5.74) is 4.25. The Labute approximate surface area is 179 Å². The van der Waals surface area contributed by atoms with E-state index in [9.17, 15) is 4.79 Å². The van der Waals surface area contributed by atoms with Gasteiger partial charge >= 0.3 is 0 Å². The van der Waals surface area contributed by atoms with E-state index in [0.29, 0.717) is 24.7 Å². The molecule has 1 aliphatic rings. The van der Waals surface area contributed by atoms with Gasteiger partial charge in [-0.3, -0.25) is 4.79 Å². The van der Waals surface area contributed by atoms with Crippen LogP contribution >= 0.6 is 0 Å². The van der Waals surface area contributed by atoms with Crippen molar-refractivity contribution in [2.24, 2.45) is 4.99 Å². The fourth-order valence-electron chi connectivity index (χ4n) is 3.63. The van der Waals surface area contributed by atoms with Crippen LogP contribution in [0.4, 0.5) is 5.69 Å². The minimum absolute atomic E-state index is 0.0458. The number of anilines is 1. The van der Waals surface area contributed by atoms with Gasteiger partial charge in [-0.05, 0) is 57.0 Å². The van der Waals surface area contributed by atoms with Crippen molar-refractivity contribution in [3.05, 3.63) is 65.2 Å². The van der Waals surface area contributed by atoms with Crippen molar-refractivity contribution in [2.45, 2.75) is 39.8 Å². The highest BCUT2D eigenvalue weighted by Crippen LogP contribution is 2.20. The molecule has 0 aromatic heterocycles. The monoisotopic (exact) mass is 407 g/mol. The number of amides is 1. The van der Waals surface area contributed by atoms with Crippen molar-refractivity contribution in [1.29, 1.82) is 0 Å². The van der Waals surface area contributed by atoms with Gasteiger partial charge in [0.05, 0.1) is 6.54 Å². The highest BCUT2D eigenvalue weighted by atomic mass is 16.1. The van der Waals surface area contributed by atoms with Gasteiger partial charge in [0.1, 0.15) is 0 Å². The zero-order valence-electron chi connectivity index (χ0n) is 18.2. The second-order valence-corrected chi connectivity index (χ2v) is 7.67. The van der Waals surface area contributed by atoms with Crippen LogP contribution in [0, 0.1) is 6.92 Å². The third-order valence-electron chi connectivity index (χ3n) is 5.22. The van der Waals surface area contributed by atoms with Gasteiger partial charge in [0.2, 0.25) is 0 Å². The number of aryl methyl sites for hydroxylation is 1. The number of benzene rings is 2.